The fourth-order valence-corrected chi connectivity index (χ4v) is 8.61. The Morgan fingerprint density at radius 2 is 1.12 bits per heavy atom. The summed E-state index contributed by atoms with van der Waals surface area (Å²) in [5, 5.41) is 15.1. The molecule has 5 heteroatoms. The summed E-state index contributed by atoms with van der Waals surface area (Å²) in [4.78, 5) is 10.6. The maximum atomic E-state index is 6.67. The van der Waals surface area contributed by atoms with Crippen LogP contribution in [-0.4, -0.2) is 11.7 Å². The first-order chi connectivity index (χ1) is 27.7. The fraction of sp³-hybridized carbons (Fsp3) is 0.0196. The van der Waals surface area contributed by atoms with E-state index >= 15 is 0 Å². The van der Waals surface area contributed by atoms with Crippen molar-refractivity contribution in [3.8, 4) is 11.1 Å². The molecule has 1 N–H and O–H groups in total. The SMILES string of the molecule is c1ccc2cc(C3=NC(c4cccc5oc6cc(-c7cc8ccccc8c8ccccc78)ccc6c45)=NC(c4ccc5oc6ccccc6c5c4)N3)ccc2c1. The van der Waals surface area contributed by atoms with Gasteiger partial charge >= 0.3 is 0 Å². The van der Waals surface area contributed by atoms with Crippen LogP contribution in [0.3, 0.4) is 0 Å². The number of amidine groups is 2. The molecule has 1 aliphatic rings. The molecule has 11 aromatic rings. The van der Waals surface area contributed by atoms with Crippen molar-refractivity contribution in [2.45, 2.75) is 6.17 Å². The molecule has 56 heavy (non-hydrogen) atoms. The molecule has 5 nitrogen and oxygen atoms in total. The Bertz CT molecular complexity index is 3480. The highest BCUT2D eigenvalue weighted by molar-refractivity contribution is 6.23. The minimum atomic E-state index is -0.400. The van der Waals surface area contributed by atoms with Gasteiger partial charge in [0.15, 0.2) is 5.84 Å². The van der Waals surface area contributed by atoms with Crippen molar-refractivity contribution in [2.75, 3.05) is 0 Å². The second-order valence-electron chi connectivity index (χ2n) is 14.6. The van der Waals surface area contributed by atoms with Gasteiger partial charge in [0.25, 0.3) is 0 Å². The fourth-order valence-electron chi connectivity index (χ4n) is 8.61. The van der Waals surface area contributed by atoms with Crippen LogP contribution in [0.5, 0.6) is 0 Å². The number of nitrogens with zero attached hydrogens (tertiary/aromatic N) is 2. The van der Waals surface area contributed by atoms with E-state index in [-0.39, 0.29) is 0 Å². The summed E-state index contributed by atoms with van der Waals surface area (Å²) < 4.78 is 12.9. The molecule has 0 saturated heterocycles. The number of furan rings is 2. The highest BCUT2D eigenvalue weighted by Gasteiger charge is 2.25. The molecular formula is C51H31N3O2. The average Bonchev–Trinajstić information content (AvgIpc) is 3.83. The molecule has 2 aromatic heterocycles. The number of fused-ring (bicyclic) bond motifs is 10. The van der Waals surface area contributed by atoms with Gasteiger partial charge in [0.05, 0.1) is 0 Å². The normalized spacial score (nSPS) is 14.6. The Labute approximate surface area is 320 Å². The van der Waals surface area contributed by atoms with Crippen LogP contribution in [0.2, 0.25) is 0 Å². The third kappa shape index (κ3) is 4.81. The van der Waals surface area contributed by atoms with E-state index < -0.39 is 6.17 Å². The molecule has 0 bridgehead atoms. The van der Waals surface area contributed by atoms with Crippen molar-refractivity contribution >= 4 is 87.9 Å². The highest BCUT2D eigenvalue weighted by atomic mass is 16.3. The van der Waals surface area contributed by atoms with E-state index in [2.05, 4.69) is 145 Å². The second-order valence-corrected chi connectivity index (χ2v) is 14.6. The number of aliphatic imine (C=N–C) groups is 2. The van der Waals surface area contributed by atoms with E-state index in [1.807, 2.05) is 36.4 Å². The largest absolute Gasteiger partial charge is 0.456 e. The van der Waals surface area contributed by atoms with Crippen molar-refractivity contribution in [3.63, 3.8) is 0 Å². The quantitative estimate of drug-likeness (QED) is 0.184. The van der Waals surface area contributed by atoms with E-state index in [0.29, 0.717) is 5.84 Å². The van der Waals surface area contributed by atoms with Crippen molar-refractivity contribution in [3.05, 3.63) is 193 Å². The average molecular weight is 718 g/mol. The Kier molecular flexibility index (Phi) is 6.63. The lowest BCUT2D eigenvalue weighted by atomic mass is 9.93. The van der Waals surface area contributed by atoms with Gasteiger partial charge in [-0.15, -0.1) is 0 Å². The predicted molar refractivity (Wildman–Crippen MR) is 231 cm³/mol. The molecule has 1 unspecified atom stereocenters. The molecule has 0 aliphatic carbocycles. The summed E-state index contributed by atoms with van der Waals surface area (Å²) in [5.74, 6) is 1.41. The summed E-state index contributed by atoms with van der Waals surface area (Å²) in [6.45, 7) is 0. The van der Waals surface area contributed by atoms with Gasteiger partial charge in [-0.05, 0) is 97.5 Å². The minimum absolute atomic E-state index is 0.400. The van der Waals surface area contributed by atoms with Gasteiger partial charge in [-0.1, -0.05) is 127 Å². The van der Waals surface area contributed by atoms with Crippen LogP contribution < -0.4 is 5.32 Å². The van der Waals surface area contributed by atoms with Crippen molar-refractivity contribution in [1.82, 2.24) is 5.32 Å². The molecule has 12 rings (SSSR count). The molecule has 1 aliphatic heterocycles. The van der Waals surface area contributed by atoms with Crippen LogP contribution in [-0.2, 0) is 0 Å². The maximum absolute atomic E-state index is 6.67. The number of hydrogen-bond acceptors (Lipinski definition) is 5. The zero-order valence-corrected chi connectivity index (χ0v) is 30.0. The van der Waals surface area contributed by atoms with E-state index in [0.717, 1.165) is 77.4 Å². The Balaban J connectivity index is 1.03. The van der Waals surface area contributed by atoms with Gasteiger partial charge in [-0.2, -0.15) is 0 Å². The third-order valence-electron chi connectivity index (χ3n) is 11.3. The first-order valence-electron chi connectivity index (χ1n) is 18.9. The Hall–Kier alpha value is -7.50. The van der Waals surface area contributed by atoms with Gasteiger partial charge in [0, 0.05) is 32.7 Å². The van der Waals surface area contributed by atoms with Crippen LogP contribution >= 0.6 is 0 Å². The molecule has 262 valence electrons. The zero-order chi connectivity index (χ0) is 36.7. The summed E-state index contributed by atoms with van der Waals surface area (Å²) in [5.41, 5.74) is 8.56. The smallest absolute Gasteiger partial charge is 0.160 e. The molecule has 0 spiro atoms. The number of para-hydroxylation sites is 1. The highest BCUT2D eigenvalue weighted by Crippen LogP contribution is 2.40. The van der Waals surface area contributed by atoms with Gasteiger partial charge in [-0.25, -0.2) is 9.98 Å². The predicted octanol–water partition coefficient (Wildman–Crippen LogP) is 13.1. The standard InChI is InChI=1S/C51H31N3O2/c1-2-11-31-26-34(21-20-30(31)10-1)49-52-50(35-23-25-45-43(28-35)39-16-7-8-18-44(39)55-45)54-51(53-49)41-17-9-19-46-48(41)40-24-22-33(29-47(40)56-46)42-27-32-12-3-4-13-36(32)37-14-5-6-15-38(37)42/h1-29,50H,(H,52,53,54). The minimum Gasteiger partial charge on any atom is -0.456 e. The lowest BCUT2D eigenvalue weighted by Crippen LogP contribution is -2.33. The summed E-state index contributed by atoms with van der Waals surface area (Å²) in [6, 6.07) is 61.7. The molecule has 0 radical (unpaired) electrons. The Morgan fingerprint density at radius 1 is 0.411 bits per heavy atom. The number of benzene rings is 9. The van der Waals surface area contributed by atoms with Gasteiger partial charge in [0.1, 0.15) is 34.3 Å². The topological polar surface area (TPSA) is 63.0 Å². The lowest BCUT2D eigenvalue weighted by Gasteiger charge is -2.24. The number of rotatable bonds is 4. The molecule has 0 fully saturated rings. The molecule has 1 atom stereocenters. The first kappa shape index (κ1) is 30.9. The van der Waals surface area contributed by atoms with Gasteiger partial charge < -0.3 is 14.2 Å². The van der Waals surface area contributed by atoms with Crippen molar-refractivity contribution < 1.29 is 8.83 Å². The third-order valence-corrected chi connectivity index (χ3v) is 11.3. The van der Waals surface area contributed by atoms with Crippen molar-refractivity contribution in [2.24, 2.45) is 9.98 Å². The molecule has 0 saturated carbocycles. The van der Waals surface area contributed by atoms with Crippen molar-refractivity contribution in [1.29, 1.82) is 0 Å². The summed E-state index contributed by atoms with van der Waals surface area (Å²) in [6.07, 6.45) is -0.400. The van der Waals surface area contributed by atoms with Gasteiger partial charge in [0.2, 0.25) is 0 Å². The maximum Gasteiger partial charge on any atom is 0.160 e. The van der Waals surface area contributed by atoms with Crippen LogP contribution in [0.15, 0.2) is 195 Å². The van der Waals surface area contributed by atoms with Crippen LogP contribution in [0.25, 0.3) is 87.3 Å². The van der Waals surface area contributed by atoms with Crippen LogP contribution in [0.1, 0.15) is 22.9 Å². The zero-order valence-electron chi connectivity index (χ0n) is 30.0. The molecule has 0 amide bonds. The van der Waals surface area contributed by atoms with E-state index in [1.165, 1.54) is 32.5 Å². The van der Waals surface area contributed by atoms with Crippen LogP contribution in [0, 0.1) is 0 Å². The number of hydrogen-bond donors (Lipinski definition) is 1. The summed E-state index contributed by atoms with van der Waals surface area (Å²) >= 11 is 0. The molecule has 3 heterocycles. The summed E-state index contributed by atoms with van der Waals surface area (Å²) in [7, 11) is 0. The first-order valence-corrected chi connectivity index (χ1v) is 18.9. The van der Waals surface area contributed by atoms with Crippen LogP contribution in [0.4, 0.5) is 0 Å². The second kappa shape index (κ2) is 12.0. The van der Waals surface area contributed by atoms with E-state index in [9.17, 15) is 0 Å². The molecular weight excluding hydrogens is 687 g/mol. The monoisotopic (exact) mass is 717 g/mol. The lowest BCUT2D eigenvalue weighted by molar-refractivity contribution is 0.663. The van der Waals surface area contributed by atoms with Gasteiger partial charge in [-0.3, -0.25) is 0 Å². The van der Waals surface area contributed by atoms with E-state index in [4.69, 9.17) is 18.8 Å². The Morgan fingerprint density at radius 3 is 2.04 bits per heavy atom. The van der Waals surface area contributed by atoms with E-state index in [1.54, 1.807) is 0 Å². The molecule has 9 aromatic carbocycles. The number of nitrogens with one attached hydrogen (secondary N) is 1.